The Labute approximate surface area is 126 Å². The Bertz CT molecular complexity index is 420. The topological polar surface area (TPSA) is 84.6 Å². The Balaban J connectivity index is 2.27. The summed E-state index contributed by atoms with van der Waals surface area (Å²) in [6.07, 6.45) is 3.10. The van der Waals surface area contributed by atoms with Crippen molar-refractivity contribution in [2.45, 2.75) is 44.7 Å². The quantitative estimate of drug-likeness (QED) is 0.604. The van der Waals surface area contributed by atoms with Gasteiger partial charge in [0.05, 0.1) is 6.04 Å². The van der Waals surface area contributed by atoms with Crippen LogP contribution in [0.4, 0.5) is 0 Å². The standard InChI is InChI=1S/C16H26N2O3/c1-12(5-6-13-7-9-14(19)10-8-13)18-16(20)15(17)4-3-11-21-2/h7-10,12,15,19H,3-6,11,17H2,1-2H3,(H,18,20). The molecule has 2 unspecified atom stereocenters. The summed E-state index contributed by atoms with van der Waals surface area (Å²) >= 11 is 0. The fourth-order valence-electron chi connectivity index (χ4n) is 2.05. The van der Waals surface area contributed by atoms with Crippen molar-refractivity contribution in [3.63, 3.8) is 0 Å². The Morgan fingerprint density at radius 1 is 1.33 bits per heavy atom. The fourth-order valence-corrected chi connectivity index (χ4v) is 2.05. The van der Waals surface area contributed by atoms with Crippen LogP contribution in [-0.4, -0.2) is 36.8 Å². The van der Waals surface area contributed by atoms with Gasteiger partial charge in [0.1, 0.15) is 5.75 Å². The van der Waals surface area contributed by atoms with Crippen molar-refractivity contribution in [1.82, 2.24) is 5.32 Å². The predicted octanol–water partition coefficient (Wildman–Crippen LogP) is 1.58. The lowest BCUT2D eigenvalue weighted by molar-refractivity contribution is -0.123. The summed E-state index contributed by atoms with van der Waals surface area (Å²) < 4.78 is 4.94. The third kappa shape index (κ3) is 7.11. The van der Waals surface area contributed by atoms with Crippen molar-refractivity contribution in [2.75, 3.05) is 13.7 Å². The molecule has 5 nitrogen and oxygen atoms in total. The monoisotopic (exact) mass is 294 g/mol. The molecule has 0 fully saturated rings. The molecule has 0 aliphatic carbocycles. The van der Waals surface area contributed by atoms with Crippen LogP contribution in [-0.2, 0) is 16.0 Å². The molecule has 0 heterocycles. The lowest BCUT2D eigenvalue weighted by Gasteiger charge is -2.17. The zero-order valence-electron chi connectivity index (χ0n) is 12.8. The van der Waals surface area contributed by atoms with Crippen LogP contribution in [0, 0.1) is 0 Å². The summed E-state index contributed by atoms with van der Waals surface area (Å²) in [5.74, 6) is 0.159. The minimum Gasteiger partial charge on any atom is -0.508 e. The molecule has 0 spiro atoms. The Kier molecular flexibility index (Phi) is 7.79. The van der Waals surface area contributed by atoms with Crippen molar-refractivity contribution in [2.24, 2.45) is 5.73 Å². The van der Waals surface area contributed by atoms with E-state index in [2.05, 4.69) is 5.32 Å². The molecule has 1 aromatic rings. The molecule has 5 heteroatoms. The van der Waals surface area contributed by atoms with Gasteiger partial charge in [0, 0.05) is 19.8 Å². The first-order valence-corrected chi connectivity index (χ1v) is 7.35. The number of phenolic OH excluding ortho intramolecular Hbond substituents is 1. The average Bonchev–Trinajstić information content (AvgIpc) is 2.46. The van der Waals surface area contributed by atoms with Crippen LogP contribution < -0.4 is 11.1 Å². The van der Waals surface area contributed by atoms with E-state index >= 15 is 0 Å². The van der Waals surface area contributed by atoms with E-state index < -0.39 is 6.04 Å². The van der Waals surface area contributed by atoms with Gasteiger partial charge in [-0.1, -0.05) is 12.1 Å². The summed E-state index contributed by atoms with van der Waals surface area (Å²) in [4.78, 5) is 11.9. The minimum absolute atomic E-state index is 0.0692. The zero-order chi connectivity index (χ0) is 15.7. The van der Waals surface area contributed by atoms with E-state index in [0.29, 0.717) is 13.0 Å². The number of hydrogen-bond acceptors (Lipinski definition) is 4. The molecule has 0 aliphatic heterocycles. The molecule has 0 aliphatic rings. The van der Waals surface area contributed by atoms with Gasteiger partial charge in [-0.2, -0.15) is 0 Å². The van der Waals surface area contributed by atoms with Crippen LogP contribution in [0.5, 0.6) is 5.75 Å². The molecular weight excluding hydrogens is 268 g/mol. The number of aryl methyl sites for hydroxylation is 1. The summed E-state index contributed by atoms with van der Waals surface area (Å²) in [6, 6.07) is 6.71. The van der Waals surface area contributed by atoms with Gasteiger partial charge in [-0.15, -0.1) is 0 Å². The number of amides is 1. The number of phenols is 1. The number of nitrogens with one attached hydrogen (secondary N) is 1. The van der Waals surface area contributed by atoms with Gasteiger partial charge in [-0.05, 0) is 50.3 Å². The highest BCUT2D eigenvalue weighted by molar-refractivity contribution is 5.81. The van der Waals surface area contributed by atoms with Gasteiger partial charge in [0.15, 0.2) is 0 Å². The SMILES string of the molecule is COCCCC(N)C(=O)NC(C)CCc1ccc(O)cc1. The predicted molar refractivity (Wildman–Crippen MR) is 83.1 cm³/mol. The highest BCUT2D eigenvalue weighted by atomic mass is 16.5. The van der Waals surface area contributed by atoms with E-state index in [0.717, 1.165) is 24.8 Å². The number of nitrogens with two attached hydrogens (primary N) is 1. The first-order valence-electron chi connectivity index (χ1n) is 7.35. The number of aromatic hydroxyl groups is 1. The number of ether oxygens (including phenoxy) is 1. The Morgan fingerprint density at radius 3 is 2.62 bits per heavy atom. The lowest BCUT2D eigenvalue weighted by atomic mass is 10.1. The number of carbonyl (C=O) groups excluding carboxylic acids is 1. The van der Waals surface area contributed by atoms with E-state index in [-0.39, 0.29) is 17.7 Å². The van der Waals surface area contributed by atoms with Crippen LogP contribution in [0.25, 0.3) is 0 Å². The molecule has 1 amide bonds. The van der Waals surface area contributed by atoms with Crippen molar-refractivity contribution in [3.8, 4) is 5.75 Å². The first-order chi connectivity index (χ1) is 10.0. The van der Waals surface area contributed by atoms with E-state index in [4.69, 9.17) is 10.5 Å². The van der Waals surface area contributed by atoms with Crippen molar-refractivity contribution >= 4 is 5.91 Å². The molecule has 0 bridgehead atoms. The lowest BCUT2D eigenvalue weighted by Crippen LogP contribution is -2.44. The number of hydrogen-bond donors (Lipinski definition) is 3. The molecule has 0 aromatic heterocycles. The van der Waals surface area contributed by atoms with Gasteiger partial charge < -0.3 is 20.9 Å². The smallest absolute Gasteiger partial charge is 0.237 e. The van der Waals surface area contributed by atoms with Crippen molar-refractivity contribution in [3.05, 3.63) is 29.8 Å². The van der Waals surface area contributed by atoms with E-state index in [1.165, 1.54) is 0 Å². The molecular formula is C16H26N2O3. The number of benzene rings is 1. The van der Waals surface area contributed by atoms with Gasteiger partial charge in [-0.25, -0.2) is 0 Å². The normalized spacial score (nSPS) is 13.7. The van der Waals surface area contributed by atoms with Crippen LogP contribution >= 0.6 is 0 Å². The van der Waals surface area contributed by atoms with Crippen molar-refractivity contribution in [1.29, 1.82) is 0 Å². The summed E-state index contributed by atoms with van der Waals surface area (Å²) in [6.45, 7) is 2.59. The molecule has 0 saturated carbocycles. The molecule has 1 rings (SSSR count). The highest BCUT2D eigenvalue weighted by Gasteiger charge is 2.15. The number of carbonyl (C=O) groups is 1. The van der Waals surface area contributed by atoms with Crippen LogP contribution in [0.2, 0.25) is 0 Å². The van der Waals surface area contributed by atoms with Gasteiger partial charge in [0.2, 0.25) is 5.91 Å². The maximum atomic E-state index is 11.9. The zero-order valence-corrected chi connectivity index (χ0v) is 12.8. The van der Waals surface area contributed by atoms with E-state index in [1.807, 2.05) is 19.1 Å². The molecule has 118 valence electrons. The third-order valence-corrected chi connectivity index (χ3v) is 3.39. The number of rotatable bonds is 9. The van der Waals surface area contributed by atoms with Gasteiger partial charge in [0.25, 0.3) is 0 Å². The molecule has 1 aromatic carbocycles. The Hall–Kier alpha value is -1.59. The number of methoxy groups -OCH3 is 1. The van der Waals surface area contributed by atoms with Gasteiger partial charge in [-0.3, -0.25) is 4.79 Å². The molecule has 0 radical (unpaired) electrons. The average molecular weight is 294 g/mol. The molecule has 0 saturated heterocycles. The largest absolute Gasteiger partial charge is 0.508 e. The van der Waals surface area contributed by atoms with Crippen LogP contribution in [0.1, 0.15) is 31.7 Å². The summed E-state index contributed by atoms with van der Waals surface area (Å²) in [5.41, 5.74) is 6.97. The van der Waals surface area contributed by atoms with E-state index in [9.17, 15) is 9.90 Å². The maximum absolute atomic E-state index is 11.9. The molecule has 4 N–H and O–H groups in total. The Morgan fingerprint density at radius 2 is 2.00 bits per heavy atom. The second-order valence-corrected chi connectivity index (χ2v) is 5.36. The highest BCUT2D eigenvalue weighted by Crippen LogP contribution is 2.12. The van der Waals surface area contributed by atoms with Crippen LogP contribution in [0.3, 0.4) is 0 Å². The van der Waals surface area contributed by atoms with E-state index in [1.54, 1.807) is 19.2 Å². The summed E-state index contributed by atoms with van der Waals surface area (Å²) in [7, 11) is 1.64. The fraction of sp³-hybridized carbons (Fsp3) is 0.562. The molecule has 2 atom stereocenters. The third-order valence-electron chi connectivity index (χ3n) is 3.39. The van der Waals surface area contributed by atoms with Crippen LogP contribution in [0.15, 0.2) is 24.3 Å². The molecule has 21 heavy (non-hydrogen) atoms. The second kappa shape index (κ2) is 9.37. The van der Waals surface area contributed by atoms with Gasteiger partial charge >= 0.3 is 0 Å². The maximum Gasteiger partial charge on any atom is 0.237 e. The first kappa shape index (κ1) is 17.5. The van der Waals surface area contributed by atoms with Crippen molar-refractivity contribution < 1.29 is 14.6 Å². The second-order valence-electron chi connectivity index (χ2n) is 5.36. The minimum atomic E-state index is -0.476. The summed E-state index contributed by atoms with van der Waals surface area (Å²) in [5, 5.41) is 12.2.